The van der Waals surface area contributed by atoms with E-state index in [9.17, 15) is 4.79 Å². The van der Waals surface area contributed by atoms with Crippen molar-refractivity contribution in [1.82, 2.24) is 12.3 Å². The third-order valence-corrected chi connectivity index (χ3v) is 0.854. The lowest BCUT2D eigenvalue weighted by molar-refractivity contribution is -0.132. The van der Waals surface area contributed by atoms with Gasteiger partial charge in [0.2, 0.25) is 0 Å². The summed E-state index contributed by atoms with van der Waals surface area (Å²) in [5.74, 6) is -0.883. The van der Waals surface area contributed by atoms with E-state index in [0.29, 0.717) is 12.0 Å². The molecule has 0 aromatic heterocycles. The van der Waals surface area contributed by atoms with Crippen molar-refractivity contribution in [3.63, 3.8) is 0 Å². The predicted molar refractivity (Wildman–Crippen MR) is 49.0 cm³/mol. The van der Waals surface area contributed by atoms with Crippen LogP contribution in [0, 0.1) is 0 Å². The molecule has 0 aliphatic heterocycles. The molecule has 0 saturated heterocycles. The zero-order chi connectivity index (χ0) is 6.57. The minimum Gasteiger partial charge on any atom is -0.478 e. The van der Waals surface area contributed by atoms with E-state index in [2.05, 4.69) is 6.58 Å². The summed E-state index contributed by atoms with van der Waals surface area (Å²) in [6, 6.07) is 0. The second-order valence-electron chi connectivity index (χ2n) is 1.66. The van der Waals surface area contributed by atoms with Gasteiger partial charge in [-0.2, -0.15) is 0 Å². The highest BCUT2D eigenvalue weighted by Gasteiger charge is 1.99. The molecule has 0 fully saturated rings. The highest BCUT2D eigenvalue weighted by Crippen LogP contribution is 1.99. The molecule has 0 bridgehead atoms. The molecule has 0 aromatic rings. The maximum Gasteiger partial charge on any atom is 0.330 e. The van der Waals surface area contributed by atoms with Gasteiger partial charge in [-0.1, -0.05) is 19.9 Å². The van der Waals surface area contributed by atoms with Crippen LogP contribution in [0.1, 0.15) is 19.8 Å². The van der Waals surface area contributed by atoms with Gasteiger partial charge in [-0.25, -0.2) is 4.79 Å². The molecule has 0 spiro atoms. The normalized spacial score (nSPS) is 6.27. The van der Waals surface area contributed by atoms with Gasteiger partial charge in [-0.15, -0.1) is 12.4 Å². The van der Waals surface area contributed by atoms with Crippen molar-refractivity contribution < 1.29 is 9.90 Å². The van der Waals surface area contributed by atoms with Crippen molar-refractivity contribution in [2.24, 2.45) is 0 Å². The van der Waals surface area contributed by atoms with Gasteiger partial charge in [-0.3, -0.25) is 0 Å². The van der Waals surface area contributed by atoms with Crippen LogP contribution in [0.4, 0.5) is 0 Å². The van der Waals surface area contributed by atoms with Crippen LogP contribution < -0.4 is 12.3 Å². The smallest absolute Gasteiger partial charge is 0.330 e. The van der Waals surface area contributed by atoms with E-state index in [4.69, 9.17) is 5.11 Å². The topological polar surface area (TPSA) is 107 Å². The molecule has 11 heavy (non-hydrogen) atoms. The van der Waals surface area contributed by atoms with E-state index < -0.39 is 5.97 Å². The molecule has 0 unspecified atom stereocenters. The Bertz CT molecular complexity index is 117. The number of hydrogen-bond donors (Lipinski definition) is 3. The molecule has 0 aliphatic rings. The molecule has 0 rings (SSSR count). The lowest BCUT2D eigenvalue weighted by atomic mass is 10.2. The molecule has 4 nitrogen and oxygen atoms in total. The van der Waals surface area contributed by atoms with E-state index in [1.54, 1.807) is 0 Å². The highest BCUT2D eigenvalue weighted by molar-refractivity contribution is 5.85. The van der Waals surface area contributed by atoms with Gasteiger partial charge in [0.05, 0.1) is 0 Å². The van der Waals surface area contributed by atoms with Crippen molar-refractivity contribution in [1.29, 1.82) is 0 Å². The molecule has 7 N–H and O–H groups in total. The fourth-order valence-corrected chi connectivity index (χ4v) is 0.409. The third-order valence-electron chi connectivity index (χ3n) is 0.854. The number of aliphatic carboxylic acids is 1. The van der Waals surface area contributed by atoms with Crippen LogP contribution in [0.5, 0.6) is 0 Å². The van der Waals surface area contributed by atoms with E-state index >= 15 is 0 Å². The lowest BCUT2D eigenvalue weighted by Gasteiger charge is -1.92. The maximum atomic E-state index is 9.99. The Balaban J connectivity index is -0.0000000817. The Kier molecular flexibility index (Phi) is 24.7. The number of halogens is 1. The quantitative estimate of drug-likeness (QED) is 0.584. The van der Waals surface area contributed by atoms with E-state index in [1.807, 2.05) is 6.92 Å². The van der Waals surface area contributed by atoms with Gasteiger partial charge in [0.25, 0.3) is 0 Å². The Labute approximate surface area is 73.3 Å². The minimum atomic E-state index is -0.883. The Hall–Kier alpha value is -0.580. The Morgan fingerprint density at radius 1 is 1.45 bits per heavy atom. The van der Waals surface area contributed by atoms with Crippen molar-refractivity contribution >= 4 is 18.4 Å². The molecule has 5 heteroatoms. The lowest BCUT2D eigenvalue weighted by Crippen LogP contribution is -1.97. The SMILES string of the molecule is C=C(CCC)C(=O)O.Cl.N.N. The number of hydrogen-bond acceptors (Lipinski definition) is 3. The van der Waals surface area contributed by atoms with Crippen LogP contribution in [0.15, 0.2) is 12.2 Å². The minimum absolute atomic E-state index is 0. The van der Waals surface area contributed by atoms with Crippen LogP contribution in [0.25, 0.3) is 0 Å². The fraction of sp³-hybridized carbons (Fsp3) is 0.500. The standard InChI is InChI=1S/C6H10O2.ClH.2H3N/c1-3-4-5(2)6(7)8;;;/h2-4H2,1H3,(H,7,8);1H;2*1H3. The molecule has 0 aromatic carbocycles. The zero-order valence-corrected chi connectivity index (χ0v) is 7.62. The van der Waals surface area contributed by atoms with E-state index in [0.717, 1.165) is 6.42 Å². The average Bonchev–Trinajstić information content (AvgIpc) is 1.67. The van der Waals surface area contributed by atoms with Crippen LogP contribution in [0.2, 0.25) is 0 Å². The van der Waals surface area contributed by atoms with Gasteiger partial charge in [-0.05, 0) is 6.42 Å². The first kappa shape index (κ1) is 22.4. The zero-order valence-electron chi connectivity index (χ0n) is 6.80. The first-order valence-corrected chi connectivity index (χ1v) is 2.59. The summed E-state index contributed by atoms with van der Waals surface area (Å²) in [5, 5.41) is 8.21. The molecule has 0 aliphatic carbocycles. The van der Waals surface area contributed by atoms with E-state index in [-0.39, 0.29) is 24.7 Å². The molecule has 0 radical (unpaired) electrons. The maximum absolute atomic E-state index is 9.99. The molecule has 70 valence electrons. The van der Waals surface area contributed by atoms with Crippen molar-refractivity contribution in [2.45, 2.75) is 19.8 Å². The molecular weight excluding hydrogens is 168 g/mol. The van der Waals surface area contributed by atoms with Gasteiger partial charge >= 0.3 is 5.97 Å². The van der Waals surface area contributed by atoms with Crippen LogP contribution >= 0.6 is 12.4 Å². The Morgan fingerprint density at radius 3 is 1.91 bits per heavy atom. The molecule has 0 amide bonds. The third kappa shape index (κ3) is 12.6. The van der Waals surface area contributed by atoms with Crippen LogP contribution in [-0.2, 0) is 4.79 Å². The van der Waals surface area contributed by atoms with Gasteiger partial charge in [0.15, 0.2) is 0 Å². The Morgan fingerprint density at radius 2 is 1.82 bits per heavy atom. The highest BCUT2D eigenvalue weighted by atomic mass is 35.5. The largest absolute Gasteiger partial charge is 0.478 e. The number of carbonyl (C=O) groups is 1. The summed E-state index contributed by atoms with van der Waals surface area (Å²) < 4.78 is 0. The first-order chi connectivity index (χ1) is 3.68. The van der Waals surface area contributed by atoms with Gasteiger partial charge < -0.3 is 17.4 Å². The van der Waals surface area contributed by atoms with Crippen molar-refractivity contribution in [3.05, 3.63) is 12.2 Å². The summed E-state index contributed by atoms with van der Waals surface area (Å²) in [6.45, 7) is 5.27. The molecule has 0 heterocycles. The fourth-order valence-electron chi connectivity index (χ4n) is 0.409. The van der Waals surface area contributed by atoms with Gasteiger partial charge in [0, 0.05) is 5.57 Å². The summed E-state index contributed by atoms with van der Waals surface area (Å²) >= 11 is 0. The predicted octanol–water partition coefficient (Wildman–Crippen LogP) is 2.17. The molecular formula is C6H17ClN2O2. The second-order valence-corrected chi connectivity index (χ2v) is 1.66. The summed E-state index contributed by atoms with van der Waals surface area (Å²) in [7, 11) is 0. The second kappa shape index (κ2) is 12.1. The number of carboxylic acids is 1. The van der Waals surface area contributed by atoms with Crippen molar-refractivity contribution in [2.75, 3.05) is 0 Å². The van der Waals surface area contributed by atoms with Gasteiger partial charge in [0.1, 0.15) is 0 Å². The number of carboxylic acid groups (broad SMARTS) is 1. The monoisotopic (exact) mass is 184 g/mol. The average molecular weight is 185 g/mol. The van der Waals surface area contributed by atoms with Crippen LogP contribution in [0.3, 0.4) is 0 Å². The summed E-state index contributed by atoms with van der Waals surface area (Å²) in [4.78, 5) is 9.99. The van der Waals surface area contributed by atoms with Crippen molar-refractivity contribution in [3.8, 4) is 0 Å². The van der Waals surface area contributed by atoms with Crippen LogP contribution in [-0.4, -0.2) is 11.1 Å². The molecule has 0 atom stereocenters. The summed E-state index contributed by atoms with van der Waals surface area (Å²) in [5.41, 5.74) is 0.299. The number of rotatable bonds is 3. The first-order valence-electron chi connectivity index (χ1n) is 2.59. The summed E-state index contributed by atoms with van der Waals surface area (Å²) in [6.07, 6.45) is 1.44. The molecule has 0 saturated carbocycles. The van der Waals surface area contributed by atoms with E-state index in [1.165, 1.54) is 0 Å².